The molecule has 1 atom stereocenters. The zero-order valence-corrected chi connectivity index (χ0v) is 9.74. The van der Waals surface area contributed by atoms with Gasteiger partial charge >= 0.3 is 0 Å². The number of rotatable bonds is 6. The summed E-state index contributed by atoms with van der Waals surface area (Å²) in [5, 5.41) is 12.2. The zero-order valence-electron chi connectivity index (χ0n) is 9.74. The van der Waals surface area contributed by atoms with Gasteiger partial charge < -0.3 is 5.11 Å². The van der Waals surface area contributed by atoms with Crippen LogP contribution in [0.5, 0.6) is 0 Å². The third-order valence-corrected chi connectivity index (χ3v) is 2.54. The summed E-state index contributed by atoms with van der Waals surface area (Å²) >= 11 is 0. The lowest BCUT2D eigenvalue weighted by Crippen LogP contribution is -2.26. The maximum atomic E-state index is 8.91. The number of nitrogens with one attached hydrogen (secondary N) is 1. The lowest BCUT2D eigenvalue weighted by molar-refractivity contribution is 0.282. The molecular weight excluding hydrogens is 198 g/mol. The number of hydrogen-bond acceptors (Lipinski definition) is 2. The third kappa shape index (κ3) is 4.06. The van der Waals surface area contributed by atoms with Crippen LogP contribution in [0.2, 0.25) is 0 Å². The summed E-state index contributed by atoms with van der Waals surface area (Å²) in [6.07, 6.45) is 7.52. The quantitative estimate of drug-likeness (QED) is 0.715. The fraction of sp³-hybridized carbons (Fsp3) is 0.429. The van der Waals surface area contributed by atoms with Crippen molar-refractivity contribution in [2.24, 2.45) is 0 Å². The van der Waals surface area contributed by atoms with Crippen molar-refractivity contribution in [1.29, 1.82) is 0 Å². The van der Waals surface area contributed by atoms with E-state index in [4.69, 9.17) is 11.5 Å². The van der Waals surface area contributed by atoms with Crippen molar-refractivity contribution in [2.45, 2.75) is 39.0 Å². The lowest BCUT2D eigenvalue weighted by atomic mass is 10.1. The van der Waals surface area contributed by atoms with E-state index in [1.807, 2.05) is 24.3 Å². The summed E-state index contributed by atoms with van der Waals surface area (Å²) < 4.78 is 0. The van der Waals surface area contributed by atoms with Gasteiger partial charge in [-0.2, -0.15) is 0 Å². The molecule has 1 unspecified atom stereocenters. The van der Waals surface area contributed by atoms with Crippen molar-refractivity contribution in [2.75, 3.05) is 0 Å². The van der Waals surface area contributed by atoms with Gasteiger partial charge in [0.25, 0.3) is 0 Å². The van der Waals surface area contributed by atoms with Crippen molar-refractivity contribution in [3.05, 3.63) is 35.4 Å². The molecule has 2 N–H and O–H groups in total. The van der Waals surface area contributed by atoms with Gasteiger partial charge in [0, 0.05) is 6.54 Å². The Kier molecular flexibility index (Phi) is 5.63. The summed E-state index contributed by atoms with van der Waals surface area (Å²) in [5.74, 6) is 2.74. The van der Waals surface area contributed by atoms with E-state index in [0.717, 1.165) is 24.9 Å². The van der Waals surface area contributed by atoms with Crippen molar-refractivity contribution < 1.29 is 5.11 Å². The summed E-state index contributed by atoms with van der Waals surface area (Å²) in [4.78, 5) is 0. The van der Waals surface area contributed by atoms with E-state index in [-0.39, 0.29) is 12.6 Å². The number of benzene rings is 1. The van der Waals surface area contributed by atoms with Crippen molar-refractivity contribution >= 4 is 0 Å². The Labute approximate surface area is 97.7 Å². The first-order valence-electron chi connectivity index (χ1n) is 5.68. The number of terminal acetylenes is 1. The van der Waals surface area contributed by atoms with Gasteiger partial charge in [0.05, 0.1) is 12.6 Å². The molecule has 0 amide bonds. The molecule has 0 aromatic heterocycles. The monoisotopic (exact) mass is 217 g/mol. The molecule has 1 rings (SSSR count). The number of aliphatic hydroxyl groups is 1. The molecule has 1 aromatic carbocycles. The van der Waals surface area contributed by atoms with Gasteiger partial charge in [-0.25, -0.2) is 0 Å². The molecule has 2 nitrogen and oxygen atoms in total. The normalized spacial score (nSPS) is 12.1. The third-order valence-electron chi connectivity index (χ3n) is 2.54. The van der Waals surface area contributed by atoms with Gasteiger partial charge in [0.15, 0.2) is 0 Å². The maximum absolute atomic E-state index is 8.91. The van der Waals surface area contributed by atoms with Crippen LogP contribution in [-0.2, 0) is 13.2 Å². The predicted molar refractivity (Wildman–Crippen MR) is 66.7 cm³/mol. The molecule has 0 bridgehead atoms. The Morgan fingerprint density at radius 1 is 1.31 bits per heavy atom. The molecule has 0 spiro atoms. The van der Waals surface area contributed by atoms with E-state index in [1.54, 1.807) is 0 Å². The van der Waals surface area contributed by atoms with Crippen LogP contribution in [0.4, 0.5) is 0 Å². The van der Waals surface area contributed by atoms with Crippen LogP contribution in [0, 0.1) is 12.3 Å². The zero-order chi connectivity index (χ0) is 11.8. The second kappa shape index (κ2) is 7.05. The molecule has 0 aliphatic heterocycles. The van der Waals surface area contributed by atoms with Crippen LogP contribution >= 0.6 is 0 Å². The van der Waals surface area contributed by atoms with Gasteiger partial charge in [-0.15, -0.1) is 6.42 Å². The second-order valence-corrected chi connectivity index (χ2v) is 3.86. The molecule has 1 aromatic rings. The molecule has 0 saturated heterocycles. The fourth-order valence-electron chi connectivity index (χ4n) is 1.54. The molecule has 16 heavy (non-hydrogen) atoms. The summed E-state index contributed by atoms with van der Waals surface area (Å²) in [6, 6.07) is 8.04. The summed E-state index contributed by atoms with van der Waals surface area (Å²) in [6.45, 7) is 3.00. The average Bonchev–Trinajstić information content (AvgIpc) is 2.35. The van der Waals surface area contributed by atoms with Gasteiger partial charge in [0.2, 0.25) is 0 Å². The Hall–Kier alpha value is -1.30. The first kappa shape index (κ1) is 12.8. The minimum atomic E-state index is 0.0938. The molecule has 2 heteroatoms. The van der Waals surface area contributed by atoms with Gasteiger partial charge in [0.1, 0.15) is 0 Å². The fourth-order valence-corrected chi connectivity index (χ4v) is 1.54. The highest BCUT2D eigenvalue weighted by Gasteiger charge is 2.02. The molecule has 0 aliphatic carbocycles. The Balaban J connectivity index is 2.44. The second-order valence-electron chi connectivity index (χ2n) is 3.86. The lowest BCUT2D eigenvalue weighted by Gasteiger charge is -2.11. The highest BCUT2D eigenvalue weighted by atomic mass is 16.3. The van der Waals surface area contributed by atoms with E-state index < -0.39 is 0 Å². The first-order valence-corrected chi connectivity index (χ1v) is 5.68. The maximum Gasteiger partial charge on any atom is 0.0689 e. The van der Waals surface area contributed by atoms with E-state index in [2.05, 4.69) is 18.2 Å². The van der Waals surface area contributed by atoms with Crippen LogP contribution in [0.15, 0.2) is 24.3 Å². The average molecular weight is 217 g/mol. The van der Waals surface area contributed by atoms with Gasteiger partial charge in [-0.05, 0) is 17.5 Å². The van der Waals surface area contributed by atoms with Crippen molar-refractivity contribution in [3.63, 3.8) is 0 Å². The van der Waals surface area contributed by atoms with E-state index >= 15 is 0 Å². The minimum Gasteiger partial charge on any atom is -0.392 e. The Morgan fingerprint density at radius 2 is 1.94 bits per heavy atom. The smallest absolute Gasteiger partial charge is 0.0689 e. The SMILES string of the molecule is C#CC(CCC)NCc1ccc(CO)cc1. The van der Waals surface area contributed by atoms with Crippen molar-refractivity contribution in [3.8, 4) is 12.3 Å². The highest BCUT2D eigenvalue weighted by molar-refractivity contribution is 5.22. The van der Waals surface area contributed by atoms with Crippen LogP contribution in [-0.4, -0.2) is 11.1 Å². The molecule has 86 valence electrons. The number of aliphatic hydroxyl groups excluding tert-OH is 1. The topological polar surface area (TPSA) is 32.3 Å². The number of hydrogen-bond donors (Lipinski definition) is 2. The van der Waals surface area contributed by atoms with Gasteiger partial charge in [-0.3, -0.25) is 5.32 Å². The van der Waals surface area contributed by atoms with E-state index in [9.17, 15) is 0 Å². The van der Waals surface area contributed by atoms with Crippen LogP contribution in [0.25, 0.3) is 0 Å². The molecule has 0 radical (unpaired) electrons. The molecular formula is C14H19NO. The standard InChI is InChI=1S/C14H19NO/c1-3-5-14(4-2)15-10-12-6-8-13(11-16)9-7-12/h2,6-9,14-16H,3,5,10-11H2,1H3. The van der Waals surface area contributed by atoms with E-state index in [0.29, 0.717) is 0 Å². The first-order chi connectivity index (χ1) is 7.80. The van der Waals surface area contributed by atoms with Crippen LogP contribution in [0.1, 0.15) is 30.9 Å². The highest BCUT2D eigenvalue weighted by Crippen LogP contribution is 2.05. The largest absolute Gasteiger partial charge is 0.392 e. The van der Waals surface area contributed by atoms with Crippen LogP contribution < -0.4 is 5.32 Å². The summed E-state index contributed by atoms with van der Waals surface area (Å²) in [5.41, 5.74) is 2.12. The Morgan fingerprint density at radius 3 is 2.44 bits per heavy atom. The molecule has 0 aliphatic rings. The van der Waals surface area contributed by atoms with Gasteiger partial charge in [-0.1, -0.05) is 43.5 Å². The Bertz CT molecular complexity index is 337. The minimum absolute atomic E-state index is 0.0938. The predicted octanol–water partition coefficient (Wildman–Crippen LogP) is 2.07. The molecule has 0 fully saturated rings. The van der Waals surface area contributed by atoms with Crippen LogP contribution in [0.3, 0.4) is 0 Å². The summed E-state index contributed by atoms with van der Waals surface area (Å²) in [7, 11) is 0. The van der Waals surface area contributed by atoms with Crippen molar-refractivity contribution in [1.82, 2.24) is 5.32 Å². The molecule has 0 saturated carbocycles. The van der Waals surface area contributed by atoms with E-state index in [1.165, 1.54) is 5.56 Å². The molecule has 0 heterocycles.